The van der Waals surface area contributed by atoms with Crippen molar-refractivity contribution in [3.8, 4) is 11.3 Å². The van der Waals surface area contributed by atoms with Crippen molar-refractivity contribution in [2.45, 2.75) is 52.7 Å². The quantitative estimate of drug-likeness (QED) is 0.413. The summed E-state index contributed by atoms with van der Waals surface area (Å²) in [5.41, 5.74) is 7.12. The molecular weight excluding hydrogens is 500 g/mol. The Balaban J connectivity index is 1.86. The van der Waals surface area contributed by atoms with Crippen molar-refractivity contribution in [2.75, 3.05) is 32.8 Å². The summed E-state index contributed by atoms with van der Waals surface area (Å²) in [6.45, 7) is 11.0. The molecule has 39 heavy (non-hydrogen) atoms. The third kappa shape index (κ3) is 7.02. The van der Waals surface area contributed by atoms with Crippen LogP contribution in [0.25, 0.3) is 11.3 Å². The highest BCUT2D eigenvalue weighted by molar-refractivity contribution is 5.75. The van der Waals surface area contributed by atoms with Crippen molar-refractivity contribution in [2.24, 2.45) is 11.1 Å². The van der Waals surface area contributed by atoms with Gasteiger partial charge in [0.05, 0.1) is 24.9 Å². The molecule has 3 aromatic rings. The normalized spacial score (nSPS) is 15.7. The molecule has 0 saturated carbocycles. The second-order valence-corrected chi connectivity index (χ2v) is 11.3. The van der Waals surface area contributed by atoms with E-state index >= 15 is 0 Å². The van der Waals surface area contributed by atoms with Gasteiger partial charge in [-0.2, -0.15) is 0 Å². The third-order valence-electron chi connectivity index (χ3n) is 6.94. The number of carbonyl (C=O) groups is 1. The first-order chi connectivity index (χ1) is 18.5. The highest BCUT2D eigenvalue weighted by Gasteiger charge is 2.40. The largest absolute Gasteiger partial charge is 0.378 e. The Hall–Kier alpha value is -3.30. The zero-order valence-corrected chi connectivity index (χ0v) is 23.2. The van der Waals surface area contributed by atoms with E-state index < -0.39 is 23.1 Å². The molecule has 4 rings (SSSR count). The number of halogens is 2. The number of ether oxygens (including phenoxy) is 1. The van der Waals surface area contributed by atoms with Gasteiger partial charge in [-0.05, 0) is 42.5 Å². The molecular formula is C30H39F2N5O2. The second kappa shape index (κ2) is 12.3. The number of nitrogens with zero attached hydrogens (tertiary/aromatic N) is 4. The average Bonchev–Trinajstić information content (AvgIpc) is 3.30. The van der Waals surface area contributed by atoms with Crippen LogP contribution in [-0.4, -0.2) is 64.3 Å². The lowest BCUT2D eigenvalue weighted by Gasteiger charge is -2.43. The van der Waals surface area contributed by atoms with Crippen LogP contribution in [0.15, 0.2) is 54.7 Å². The van der Waals surface area contributed by atoms with Gasteiger partial charge in [0.15, 0.2) is 0 Å². The van der Waals surface area contributed by atoms with E-state index in [0.29, 0.717) is 57.3 Å². The van der Waals surface area contributed by atoms with E-state index in [0.717, 1.165) is 23.8 Å². The Morgan fingerprint density at radius 2 is 1.82 bits per heavy atom. The van der Waals surface area contributed by atoms with Crippen LogP contribution in [0.4, 0.5) is 13.6 Å². The van der Waals surface area contributed by atoms with Crippen molar-refractivity contribution in [1.29, 1.82) is 0 Å². The van der Waals surface area contributed by atoms with Crippen molar-refractivity contribution in [3.63, 3.8) is 0 Å². The molecule has 1 aliphatic heterocycles. The van der Waals surface area contributed by atoms with Crippen molar-refractivity contribution < 1.29 is 18.3 Å². The number of carbonyl (C=O) groups excluding carboxylic acids is 1. The zero-order chi connectivity index (χ0) is 28.2. The SMILES string of the molecule is C[C@@H](N)CCN(C(=O)N1CCOCC1)[C@@H](c1nc(-c2cc(F)ccc2F)cn1Cc1ccccc1)C(C)(C)C. The first-order valence-corrected chi connectivity index (χ1v) is 13.5. The highest BCUT2D eigenvalue weighted by atomic mass is 19.1. The molecule has 1 aliphatic rings. The summed E-state index contributed by atoms with van der Waals surface area (Å²) in [5.74, 6) is -0.492. The van der Waals surface area contributed by atoms with Gasteiger partial charge < -0.3 is 24.8 Å². The molecule has 1 saturated heterocycles. The Kier molecular flexibility index (Phi) is 9.02. The summed E-state index contributed by atoms with van der Waals surface area (Å²) in [6, 6.07) is 12.5. The van der Waals surface area contributed by atoms with Crippen LogP contribution < -0.4 is 5.73 Å². The molecule has 2 aromatic carbocycles. The maximum atomic E-state index is 14.9. The summed E-state index contributed by atoms with van der Waals surface area (Å²) >= 11 is 0. The summed E-state index contributed by atoms with van der Waals surface area (Å²) < 4.78 is 36.5. The van der Waals surface area contributed by atoms with Gasteiger partial charge in [0.25, 0.3) is 0 Å². The fraction of sp³-hybridized carbons (Fsp3) is 0.467. The Bertz CT molecular complexity index is 1250. The number of benzene rings is 2. The van der Waals surface area contributed by atoms with Crippen LogP contribution in [0.3, 0.4) is 0 Å². The standard InChI is InChI=1S/C30H39F2N5O2/c1-21(33)12-13-37(29(38)35-14-16-39-17-15-35)27(30(2,3)4)28-34-26(24-18-23(31)10-11-25(24)32)20-36(28)19-22-8-6-5-7-9-22/h5-11,18,20-21,27H,12-17,19,33H2,1-4H3/t21-,27+/m1/s1. The number of aromatic nitrogens is 2. The molecule has 0 aliphatic carbocycles. The lowest BCUT2D eigenvalue weighted by atomic mass is 9.84. The van der Waals surface area contributed by atoms with Crippen LogP contribution in [0.2, 0.25) is 0 Å². The molecule has 0 bridgehead atoms. The van der Waals surface area contributed by atoms with E-state index in [1.807, 2.05) is 46.7 Å². The lowest BCUT2D eigenvalue weighted by Crippen LogP contribution is -2.52. The van der Waals surface area contributed by atoms with Gasteiger partial charge in [-0.25, -0.2) is 18.6 Å². The predicted octanol–water partition coefficient (Wildman–Crippen LogP) is 5.46. The van der Waals surface area contributed by atoms with Crippen LogP contribution in [0.5, 0.6) is 0 Å². The van der Waals surface area contributed by atoms with Crippen molar-refractivity contribution in [3.05, 3.63) is 77.8 Å². The number of urea groups is 1. The van der Waals surface area contributed by atoms with E-state index in [-0.39, 0.29) is 17.6 Å². The Labute approximate surface area is 229 Å². The number of amides is 2. The fourth-order valence-electron chi connectivity index (χ4n) is 4.99. The summed E-state index contributed by atoms with van der Waals surface area (Å²) in [6.07, 6.45) is 2.36. The number of nitrogens with two attached hydrogens (primary N) is 1. The minimum atomic E-state index is -0.558. The molecule has 2 amide bonds. The first-order valence-electron chi connectivity index (χ1n) is 13.5. The molecule has 2 heterocycles. The lowest BCUT2D eigenvalue weighted by molar-refractivity contribution is 0.0279. The van der Waals surface area contributed by atoms with Crippen molar-refractivity contribution in [1.82, 2.24) is 19.4 Å². The minimum absolute atomic E-state index is 0.0809. The molecule has 210 valence electrons. The minimum Gasteiger partial charge on any atom is -0.378 e. The summed E-state index contributed by atoms with van der Waals surface area (Å²) in [7, 11) is 0. The van der Waals surface area contributed by atoms with Crippen LogP contribution in [0.1, 0.15) is 51.5 Å². The molecule has 2 atom stereocenters. The van der Waals surface area contributed by atoms with E-state index in [4.69, 9.17) is 15.5 Å². The van der Waals surface area contributed by atoms with Crippen LogP contribution >= 0.6 is 0 Å². The zero-order valence-electron chi connectivity index (χ0n) is 23.2. The van der Waals surface area contributed by atoms with Gasteiger partial charge in [-0.1, -0.05) is 51.1 Å². The molecule has 1 aromatic heterocycles. The second-order valence-electron chi connectivity index (χ2n) is 11.3. The number of morpholine rings is 1. The monoisotopic (exact) mass is 539 g/mol. The molecule has 0 radical (unpaired) electrons. The molecule has 2 N–H and O–H groups in total. The molecule has 9 heteroatoms. The van der Waals surface area contributed by atoms with Crippen LogP contribution in [-0.2, 0) is 11.3 Å². The predicted molar refractivity (Wildman–Crippen MR) is 148 cm³/mol. The van der Waals surface area contributed by atoms with Crippen molar-refractivity contribution >= 4 is 6.03 Å². The van der Waals surface area contributed by atoms with Crippen LogP contribution in [0, 0.1) is 17.0 Å². The summed E-state index contributed by atoms with van der Waals surface area (Å²) in [5, 5.41) is 0. The van der Waals surface area contributed by atoms with E-state index in [2.05, 4.69) is 20.8 Å². The topological polar surface area (TPSA) is 76.6 Å². The molecule has 7 nitrogen and oxygen atoms in total. The van der Waals surface area contributed by atoms with Gasteiger partial charge in [-0.3, -0.25) is 0 Å². The molecule has 0 spiro atoms. The van der Waals surface area contributed by atoms with Gasteiger partial charge in [-0.15, -0.1) is 0 Å². The number of hydrogen-bond acceptors (Lipinski definition) is 4. The number of rotatable bonds is 8. The Morgan fingerprint density at radius 3 is 2.46 bits per heavy atom. The molecule has 1 fully saturated rings. The van der Waals surface area contributed by atoms with E-state index in [1.54, 1.807) is 11.1 Å². The van der Waals surface area contributed by atoms with Gasteiger partial charge in [0.2, 0.25) is 0 Å². The number of hydrogen-bond donors (Lipinski definition) is 1. The average molecular weight is 540 g/mol. The number of imidazole rings is 1. The fourth-order valence-corrected chi connectivity index (χ4v) is 4.99. The van der Waals surface area contributed by atoms with E-state index in [9.17, 15) is 13.6 Å². The highest BCUT2D eigenvalue weighted by Crippen LogP contribution is 2.40. The van der Waals surface area contributed by atoms with Gasteiger partial charge >= 0.3 is 6.03 Å². The first kappa shape index (κ1) is 28.7. The smallest absolute Gasteiger partial charge is 0.320 e. The van der Waals surface area contributed by atoms with Gasteiger partial charge in [0.1, 0.15) is 17.5 Å². The maximum Gasteiger partial charge on any atom is 0.320 e. The third-order valence-corrected chi connectivity index (χ3v) is 6.94. The molecule has 0 unspecified atom stereocenters. The van der Waals surface area contributed by atoms with Gasteiger partial charge in [0, 0.05) is 44.0 Å². The summed E-state index contributed by atoms with van der Waals surface area (Å²) in [4.78, 5) is 22.6. The van der Waals surface area contributed by atoms with E-state index in [1.165, 1.54) is 0 Å². The Morgan fingerprint density at radius 1 is 1.13 bits per heavy atom. The maximum absolute atomic E-state index is 14.9.